The van der Waals surface area contributed by atoms with Gasteiger partial charge in [-0.3, -0.25) is 19.5 Å². The lowest BCUT2D eigenvalue weighted by molar-refractivity contribution is -0.384. The van der Waals surface area contributed by atoms with E-state index in [1.54, 1.807) is 12.1 Å². The Kier molecular flexibility index (Phi) is 4.73. The van der Waals surface area contributed by atoms with Gasteiger partial charge in [0.05, 0.1) is 23.8 Å². The van der Waals surface area contributed by atoms with Crippen LogP contribution in [0.4, 0.5) is 5.69 Å². The van der Waals surface area contributed by atoms with E-state index >= 15 is 0 Å². The Morgan fingerprint density at radius 2 is 1.83 bits per heavy atom. The standard InChI is InChI=1S/C19H16N6O4/c1-2-29-16-9-7-14(8-10-16)24-18-17(21-22-24)19(26)23(12-20-18)11-13-3-5-15(6-4-13)25(27)28/h3-10,12H,2,11H2,1H3. The van der Waals surface area contributed by atoms with Crippen LogP contribution in [0.1, 0.15) is 12.5 Å². The fourth-order valence-electron chi connectivity index (χ4n) is 2.90. The van der Waals surface area contributed by atoms with Crippen LogP contribution in [0.25, 0.3) is 16.9 Å². The predicted molar refractivity (Wildman–Crippen MR) is 104 cm³/mol. The molecule has 0 bridgehead atoms. The van der Waals surface area contributed by atoms with Gasteiger partial charge >= 0.3 is 0 Å². The van der Waals surface area contributed by atoms with Crippen LogP contribution in [0.2, 0.25) is 0 Å². The molecule has 0 aliphatic rings. The van der Waals surface area contributed by atoms with E-state index in [0.29, 0.717) is 17.9 Å². The number of fused-ring (bicyclic) bond motifs is 1. The molecule has 0 spiro atoms. The zero-order valence-corrected chi connectivity index (χ0v) is 15.4. The zero-order chi connectivity index (χ0) is 20.4. The summed E-state index contributed by atoms with van der Waals surface area (Å²) in [5, 5.41) is 18.8. The molecule has 0 radical (unpaired) electrons. The van der Waals surface area contributed by atoms with Gasteiger partial charge in [-0.25, -0.2) is 4.98 Å². The summed E-state index contributed by atoms with van der Waals surface area (Å²) >= 11 is 0. The van der Waals surface area contributed by atoms with Crippen LogP contribution in [0.3, 0.4) is 0 Å². The van der Waals surface area contributed by atoms with Gasteiger partial charge in [0, 0.05) is 12.1 Å². The van der Waals surface area contributed by atoms with Crippen molar-refractivity contribution in [1.29, 1.82) is 0 Å². The average molecular weight is 392 g/mol. The first-order valence-corrected chi connectivity index (χ1v) is 8.84. The third-order valence-electron chi connectivity index (χ3n) is 4.32. The minimum absolute atomic E-state index is 0.00651. The SMILES string of the molecule is CCOc1ccc(-n2nnc3c(=O)n(Cc4ccc([N+](=O)[O-])cc4)cnc32)cc1. The lowest BCUT2D eigenvalue weighted by atomic mass is 10.2. The Labute approximate surface area is 164 Å². The number of hydrogen-bond donors (Lipinski definition) is 0. The molecule has 4 rings (SSSR count). The van der Waals surface area contributed by atoms with E-state index in [0.717, 1.165) is 11.3 Å². The predicted octanol–water partition coefficient (Wildman–Crippen LogP) is 2.33. The molecule has 0 aliphatic carbocycles. The molecule has 0 unspecified atom stereocenters. The number of ether oxygens (including phenoxy) is 1. The van der Waals surface area contributed by atoms with Crippen LogP contribution in [-0.2, 0) is 6.54 Å². The highest BCUT2D eigenvalue weighted by Gasteiger charge is 2.14. The van der Waals surface area contributed by atoms with Crippen molar-refractivity contribution in [3.05, 3.63) is 80.9 Å². The molecule has 2 aromatic carbocycles. The van der Waals surface area contributed by atoms with Crippen LogP contribution in [0.5, 0.6) is 5.75 Å². The van der Waals surface area contributed by atoms with E-state index in [9.17, 15) is 14.9 Å². The van der Waals surface area contributed by atoms with Gasteiger partial charge in [-0.15, -0.1) is 5.10 Å². The highest BCUT2D eigenvalue weighted by atomic mass is 16.6. The van der Waals surface area contributed by atoms with Crippen molar-refractivity contribution in [1.82, 2.24) is 24.5 Å². The molecule has 0 saturated heterocycles. The fraction of sp³-hybridized carbons (Fsp3) is 0.158. The van der Waals surface area contributed by atoms with E-state index in [-0.39, 0.29) is 23.3 Å². The molecular formula is C19H16N6O4. The van der Waals surface area contributed by atoms with Gasteiger partial charge < -0.3 is 4.74 Å². The number of nitro benzene ring substituents is 1. The van der Waals surface area contributed by atoms with Crippen molar-refractivity contribution >= 4 is 16.9 Å². The molecule has 0 aliphatic heterocycles. The highest BCUT2D eigenvalue weighted by molar-refractivity contribution is 5.70. The summed E-state index contributed by atoms with van der Waals surface area (Å²) < 4.78 is 8.30. The van der Waals surface area contributed by atoms with E-state index in [4.69, 9.17) is 4.74 Å². The molecule has 0 N–H and O–H groups in total. The Morgan fingerprint density at radius 3 is 2.48 bits per heavy atom. The second-order valence-electron chi connectivity index (χ2n) is 6.20. The van der Waals surface area contributed by atoms with Gasteiger partial charge in [-0.2, -0.15) is 4.68 Å². The molecule has 0 fully saturated rings. The first-order chi connectivity index (χ1) is 14.1. The Bertz CT molecular complexity index is 1230. The summed E-state index contributed by atoms with van der Waals surface area (Å²) in [5.41, 5.74) is 1.58. The minimum Gasteiger partial charge on any atom is -0.494 e. The van der Waals surface area contributed by atoms with E-state index in [1.165, 1.54) is 27.7 Å². The fourth-order valence-corrected chi connectivity index (χ4v) is 2.90. The molecule has 2 aromatic heterocycles. The number of benzene rings is 2. The molecule has 0 amide bonds. The third kappa shape index (κ3) is 3.55. The average Bonchev–Trinajstić information content (AvgIpc) is 3.16. The Morgan fingerprint density at radius 1 is 1.10 bits per heavy atom. The minimum atomic E-state index is -0.469. The highest BCUT2D eigenvalue weighted by Crippen LogP contribution is 2.17. The summed E-state index contributed by atoms with van der Waals surface area (Å²) in [7, 11) is 0. The summed E-state index contributed by atoms with van der Waals surface area (Å²) in [6.07, 6.45) is 1.42. The molecule has 2 heterocycles. The smallest absolute Gasteiger partial charge is 0.283 e. The number of hydrogen-bond acceptors (Lipinski definition) is 7. The van der Waals surface area contributed by atoms with Crippen molar-refractivity contribution in [2.45, 2.75) is 13.5 Å². The number of rotatable bonds is 6. The van der Waals surface area contributed by atoms with Crippen LogP contribution < -0.4 is 10.3 Å². The van der Waals surface area contributed by atoms with Crippen LogP contribution >= 0.6 is 0 Å². The van der Waals surface area contributed by atoms with Gasteiger partial charge in [0.25, 0.3) is 11.2 Å². The van der Waals surface area contributed by atoms with Crippen molar-refractivity contribution in [3.63, 3.8) is 0 Å². The molecule has 0 atom stereocenters. The van der Waals surface area contributed by atoms with E-state index < -0.39 is 4.92 Å². The van der Waals surface area contributed by atoms with Crippen molar-refractivity contribution in [3.8, 4) is 11.4 Å². The van der Waals surface area contributed by atoms with Gasteiger partial charge in [0.15, 0.2) is 11.2 Å². The van der Waals surface area contributed by atoms with Gasteiger partial charge in [0.2, 0.25) is 0 Å². The maximum atomic E-state index is 12.8. The molecule has 10 nitrogen and oxygen atoms in total. The lowest BCUT2D eigenvalue weighted by Gasteiger charge is -2.06. The number of nitrogens with zero attached hydrogens (tertiary/aromatic N) is 6. The van der Waals surface area contributed by atoms with Crippen molar-refractivity contribution in [2.75, 3.05) is 6.61 Å². The maximum absolute atomic E-state index is 12.8. The molecule has 0 saturated carbocycles. The second kappa shape index (κ2) is 7.50. The summed E-state index contributed by atoms with van der Waals surface area (Å²) in [6.45, 7) is 2.70. The first-order valence-electron chi connectivity index (χ1n) is 8.84. The number of non-ortho nitro benzene ring substituents is 1. The number of aromatic nitrogens is 5. The Hall–Kier alpha value is -4.08. The normalized spacial score (nSPS) is 10.9. The topological polar surface area (TPSA) is 118 Å². The largest absolute Gasteiger partial charge is 0.494 e. The molecule has 4 aromatic rings. The summed E-state index contributed by atoms with van der Waals surface area (Å²) in [5.74, 6) is 0.735. The van der Waals surface area contributed by atoms with E-state index in [1.807, 2.05) is 31.2 Å². The summed E-state index contributed by atoms with van der Waals surface area (Å²) in [4.78, 5) is 27.4. The quantitative estimate of drug-likeness (QED) is 0.365. The molecule has 29 heavy (non-hydrogen) atoms. The van der Waals surface area contributed by atoms with Gasteiger partial charge in [0.1, 0.15) is 12.1 Å². The monoisotopic (exact) mass is 392 g/mol. The van der Waals surface area contributed by atoms with E-state index in [2.05, 4.69) is 15.3 Å². The third-order valence-corrected chi connectivity index (χ3v) is 4.32. The molecule has 10 heteroatoms. The maximum Gasteiger partial charge on any atom is 0.283 e. The van der Waals surface area contributed by atoms with Crippen LogP contribution in [-0.4, -0.2) is 36.1 Å². The van der Waals surface area contributed by atoms with Crippen molar-refractivity contribution < 1.29 is 9.66 Å². The lowest BCUT2D eigenvalue weighted by Crippen LogP contribution is -2.21. The Balaban J connectivity index is 1.65. The summed E-state index contributed by atoms with van der Waals surface area (Å²) in [6, 6.07) is 13.2. The zero-order valence-electron chi connectivity index (χ0n) is 15.4. The van der Waals surface area contributed by atoms with Gasteiger partial charge in [-0.05, 0) is 36.8 Å². The van der Waals surface area contributed by atoms with Crippen LogP contribution in [0, 0.1) is 10.1 Å². The van der Waals surface area contributed by atoms with Crippen molar-refractivity contribution in [2.24, 2.45) is 0 Å². The second-order valence-corrected chi connectivity index (χ2v) is 6.20. The molecular weight excluding hydrogens is 376 g/mol. The van der Waals surface area contributed by atoms with Crippen LogP contribution in [0.15, 0.2) is 59.7 Å². The molecule has 146 valence electrons. The van der Waals surface area contributed by atoms with Gasteiger partial charge in [-0.1, -0.05) is 17.3 Å². The number of nitro groups is 1. The first kappa shape index (κ1) is 18.3.